The first-order valence-electron chi connectivity index (χ1n) is 16.1. The fraction of sp³-hybridized carbons (Fsp3) is 0.588. The van der Waals surface area contributed by atoms with Gasteiger partial charge in [-0.05, 0) is 113 Å². The Balaban J connectivity index is 0.951. The van der Waals surface area contributed by atoms with Gasteiger partial charge in [-0.1, -0.05) is 24.3 Å². The summed E-state index contributed by atoms with van der Waals surface area (Å²) in [6, 6.07) is 16.6. The minimum atomic E-state index is 0.0321. The van der Waals surface area contributed by atoms with Gasteiger partial charge >= 0.3 is 0 Å². The molecule has 2 aromatic carbocycles. The van der Waals surface area contributed by atoms with Crippen LogP contribution in [0.4, 0.5) is 0 Å². The molecule has 42 heavy (non-hydrogen) atoms. The second kappa shape index (κ2) is 18.4. The van der Waals surface area contributed by atoms with Crippen LogP contribution in [-0.4, -0.2) is 74.1 Å². The van der Waals surface area contributed by atoms with Crippen molar-refractivity contribution in [1.82, 2.24) is 20.4 Å². The quantitative estimate of drug-likeness (QED) is 0.231. The largest absolute Gasteiger partial charge is 0.494 e. The number of hydrogen-bond donors (Lipinski definition) is 2. The number of rotatable bonds is 19. The SMILES string of the molecule is O=C(CCCCC(=O)NCCCOc1cccc(CN2CCCC2)c1)NCCCOc1cccc(CN2CCCC2)c1. The molecule has 2 N–H and O–H groups in total. The van der Waals surface area contributed by atoms with Crippen molar-refractivity contribution in [3.63, 3.8) is 0 Å². The van der Waals surface area contributed by atoms with E-state index in [4.69, 9.17) is 9.47 Å². The molecule has 0 aromatic heterocycles. The predicted octanol–water partition coefficient (Wildman–Crippen LogP) is 4.91. The third-order valence-electron chi connectivity index (χ3n) is 7.89. The van der Waals surface area contributed by atoms with Gasteiger partial charge in [0.05, 0.1) is 13.2 Å². The lowest BCUT2D eigenvalue weighted by Crippen LogP contribution is -2.26. The lowest BCUT2D eigenvalue weighted by Gasteiger charge is -2.15. The smallest absolute Gasteiger partial charge is 0.219 e. The average molecular weight is 579 g/mol. The molecule has 2 amide bonds. The summed E-state index contributed by atoms with van der Waals surface area (Å²) in [5.41, 5.74) is 2.57. The Morgan fingerprint density at radius 1 is 0.619 bits per heavy atom. The zero-order valence-electron chi connectivity index (χ0n) is 25.3. The van der Waals surface area contributed by atoms with Crippen LogP contribution >= 0.6 is 0 Å². The summed E-state index contributed by atoms with van der Waals surface area (Å²) in [4.78, 5) is 29.2. The van der Waals surface area contributed by atoms with Crippen molar-refractivity contribution >= 4 is 11.8 Å². The van der Waals surface area contributed by atoms with E-state index >= 15 is 0 Å². The average Bonchev–Trinajstić information content (AvgIpc) is 3.70. The fourth-order valence-corrected chi connectivity index (χ4v) is 5.59. The highest BCUT2D eigenvalue weighted by molar-refractivity contribution is 5.77. The van der Waals surface area contributed by atoms with Crippen LogP contribution in [0.2, 0.25) is 0 Å². The molecule has 2 aromatic rings. The van der Waals surface area contributed by atoms with Crippen LogP contribution in [0.1, 0.15) is 75.3 Å². The van der Waals surface area contributed by atoms with Gasteiger partial charge in [-0.3, -0.25) is 19.4 Å². The molecule has 4 rings (SSSR count). The molecule has 0 atom stereocenters. The van der Waals surface area contributed by atoms with E-state index in [-0.39, 0.29) is 11.8 Å². The van der Waals surface area contributed by atoms with Gasteiger partial charge in [-0.15, -0.1) is 0 Å². The van der Waals surface area contributed by atoms with Gasteiger partial charge in [0.1, 0.15) is 11.5 Å². The first-order chi connectivity index (χ1) is 20.6. The molecule has 0 radical (unpaired) electrons. The van der Waals surface area contributed by atoms with Crippen molar-refractivity contribution in [2.24, 2.45) is 0 Å². The number of carbonyl (C=O) groups is 2. The molecule has 0 unspecified atom stereocenters. The fourth-order valence-electron chi connectivity index (χ4n) is 5.59. The molecule has 230 valence electrons. The van der Waals surface area contributed by atoms with Gasteiger partial charge in [-0.2, -0.15) is 0 Å². The Labute approximate surface area is 252 Å². The molecule has 2 aliphatic rings. The van der Waals surface area contributed by atoms with E-state index in [0.717, 1.165) is 37.4 Å². The van der Waals surface area contributed by atoms with E-state index in [1.807, 2.05) is 24.3 Å². The number of benzene rings is 2. The number of likely N-dealkylation sites (tertiary alicyclic amines) is 2. The van der Waals surface area contributed by atoms with Gasteiger partial charge in [0, 0.05) is 39.0 Å². The molecule has 2 fully saturated rings. The van der Waals surface area contributed by atoms with Gasteiger partial charge < -0.3 is 20.1 Å². The highest BCUT2D eigenvalue weighted by Gasteiger charge is 2.13. The van der Waals surface area contributed by atoms with E-state index in [1.54, 1.807) is 0 Å². The van der Waals surface area contributed by atoms with Crippen LogP contribution in [0.25, 0.3) is 0 Å². The van der Waals surface area contributed by atoms with Crippen LogP contribution in [0.15, 0.2) is 48.5 Å². The molecular formula is C34H50N4O4. The Morgan fingerprint density at radius 2 is 1.05 bits per heavy atom. The monoisotopic (exact) mass is 578 g/mol. The maximum Gasteiger partial charge on any atom is 0.219 e. The summed E-state index contributed by atoms with van der Waals surface area (Å²) in [6.45, 7) is 9.04. The molecule has 0 bridgehead atoms. The third-order valence-corrected chi connectivity index (χ3v) is 7.89. The van der Waals surface area contributed by atoms with Crippen molar-refractivity contribution in [2.75, 3.05) is 52.5 Å². The lowest BCUT2D eigenvalue weighted by atomic mass is 10.2. The van der Waals surface area contributed by atoms with Crippen molar-refractivity contribution in [2.45, 2.75) is 77.3 Å². The second-order valence-corrected chi connectivity index (χ2v) is 11.6. The highest BCUT2D eigenvalue weighted by atomic mass is 16.5. The van der Waals surface area contributed by atoms with Gasteiger partial charge in [0.25, 0.3) is 0 Å². The Hall–Kier alpha value is -3.10. The first-order valence-corrected chi connectivity index (χ1v) is 16.1. The second-order valence-electron chi connectivity index (χ2n) is 11.6. The van der Waals surface area contributed by atoms with Crippen molar-refractivity contribution in [1.29, 1.82) is 0 Å². The van der Waals surface area contributed by atoms with Crippen LogP contribution in [-0.2, 0) is 22.7 Å². The summed E-state index contributed by atoms with van der Waals surface area (Å²) in [5, 5.41) is 5.91. The number of unbranched alkanes of at least 4 members (excludes halogenated alkanes) is 1. The van der Waals surface area contributed by atoms with E-state index < -0.39 is 0 Å². The maximum atomic E-state index is 12.1. The Morgan fingerprint density at radius 3 is 1.48 bits per heavy atom. The topological polar surface area (TPSA) is 83.1 Å². The molecule has 8 nitrogen and oxygen atoms in total. The van der Waals surface area contributed by atoms with E-state index in [1.165, 1.54) is 63.0 Å². The minimum absolute atomic E-state index is 0.0321. The summed E-state index contributed by atoms with van der Waals surface area (Å²) in [5.74, 6) is 1.85. The van der Waals surface area contributed by atoms with E-state index in [2.05, 4.69) is 44.7 Å². The number of nitrogens with zero attached hydrogens (tertiary/aromatic N) is 2. The molecule has 2 saturated heterocycles. The molecular weight excluding hydrogens is 528 g/mol. The van der Waals surface area contributed by atoms with Crippen LogP contribution in [0.3, 0.4) is 0 Å². The van der Waals surface area contributed by atoms with Gasteiger partial charge in [0.15, 0.2) is 0 Å². The van der Waals surface area contributed by atoms with Crippen LogP contribution in [0.5, 0.6) is 11.5 Å². The number of nitrogens with one attached hydrogen (secondary N) is 2. The zero-order valence-corrected chi connectivity index (χ0v) is 25.3. The predicted molar refractivity (Wildman–Crippen MR) is 167 cm³/mol. The van der Waals surface area contributed by atoms with Crippen LogP contribution < -0.4 is 20.1 Å². The van der Waals surface area contributed by atoms with E-state index in [0.29, 0.717) is 52.0 Å². The molecule has 2 heterocycles. The maximum absolute atomic E-state index is 12.1. The minimum Gasteiger partial charge on any atom is -0.494 e. The molecule has 0 aliphatic carbocycles. The molecule has 0 saturated carbocycles. The number of hydrogen-bond acceptors (Lipinski definition) is 6. The number of amides is 2. The standard InChI is InChI=1S/C34H50N4O4/c39-33(35-17-9-23-41-31-13-7-11-29(25-31)27-37-19-3-4-20-37)15-1-2-16-34(40)36-18-10-24-42-32-14-8-12-30(26-32)28-38-21-5-6-22-38/h7-8,11-14,25-26H,1-6,9-10,15-24,27-28H2,(H,35,39)(H,36,40). The van der Waals surface area contributed by atoms with Crippen molar-refractivity contribution < 1.29 is 19.1 Å². The normalized spacial score (nSPS) is 15.5. The van der Waals surface area contributed by atoms with Crippen molar-refractivity contribution in [3.05, 3.63) is 59.7 Å². The summed E-state index contributed by atoms with van der Waals surface area (Å²) >= 11 is 0. The Bertz CT molecular complexity index is 997. The summed E-state index contributed by atoms with van der Waals surface area (Å²) < 4.78 is 11.8. The highest BCUT2D eigenvalue weighted by Crippen LogP contribution is 2.19. The van der Waals surface area contributed by atoms with E-state index in [9.17, 15) is 9.59 Å². The lowest BCUT2D eigenvalue weighted by molar-refractivity contribution is -0.123. The van der Waals surface area contributed by atoms with Gasteiger partial charge in [-0.25, -0.2) is 0 Å². The summed E-state index contributed by atoms with van der Waals surface area (Å²) in [6.07, 6.45) is 9.00. The van der Waals surface area contributed by atoms with Crippen molar-refractivity contribution in [3.8, 4) is 11.5 Å². The first kappa shape index (κ1) is 31.8. The molecule has 8 heteroatoms. The molecule has 0 spiro atoms. The zero-order chi connectivity index (χ0) is 29.2. The number of carbonyl (C=O) groups excluding carboxylic acids is 2. The molecule has 2 aliphatic heterocycles. The van der Waals surface area contributed by atoms with Gasteiger partial charge in [0.2, 0.25) is 11.8 Å². The number of ether oxygens (including phenoxy) is 2. The Kier molecular flexibility index (Phi) is 14.0. The van der Waals surface area contributed by atoms with Crippen LogP contribution in [0, 0.1) is 0 Å². The third kappa shape index (κ3) is 12.4. The summed E-state index contributed by atoms with van der Waals surface area (Å²) in [7, 11) is 0.